The van der Waals surface area contributed by atoms with Crippen molar-refractivity contribution < 1.29 is 28.5 Å². The van der Waals surface area contributed by atoms with Crippen LogP contribution in [0.4, 0.5) is 0 Å². The van der Waals surface area contributed by atoms with E-state index < -0.39 is 40.3 Å². The molecule has 0 radical (unpaired) electrons. The zero-order valence-corrected chi connectivity index (χ0v) is 19.3. The van der Waals surface area contributed by atoms with Gasteiger partial charge < -0.3 is 18.9 Å². The minimum atomic E-state index is -1.91. The molecule has 0 spiro atoms. The first-order chi connectivity index (χ1) is 15.1. The van der Waals surface area contributed by atoms with E-state index in [2.05, 4.69) is 6.58 Å². The van der Waals surface area contributed by atoms with Crippen molar-refractivity contribution in [3.63, 3.8) is 0 Å². The number of esters is 2. The number of alkyl halides is 3. The maximum absolute atomic E-state index is 12.6. The number of carbonyl (C=O) groups is 2. The third-order valence-electron chi connectivity index (χ3n) is 4.75. The summed E-state index contributed by atoms with van der Waals surface area (Å²) in [5.74, 6) is -1.32. The van der Waals surface area contributed by atoms with Crippen molar-refractivity contribution >= 4 is 46.7 Å². The second-order valence-corrected chi connectivity index (χ2v) is 9.38. The molecule has 1 saturated heterocycles. The van der Waals surface area contributed by atoms with Crippen LogP contribution in [0.3, 0.4) is 0 Å². The summed E-state index contributed by atoms with van der Waals surface area (Å²) in [6.45, 7) is 5.30. The van der Waals surface area contributed by atoms with Crippen molar-refractivity contribution in [2.75, 3.05) is 0 Å². The second-order valence-electron chi connectivity index (χ2n) is 7.10. The van der Waals surface area contributed by atoms with E-state index in [4.69, 9.17) is 53.8 Å². The Balaban J connectivity index is 1.77. The van der Waals surface area contributed by atoms with Crippen molar-refractivity contribution in [1.82, 2.24) is 0 Å². The highest BCUT2D eigenvalue weighted by atomic mass is 35.6. The molecule has 3 rings (SSSR count). The first-order valence-electron chi connectivity index (χ1n) is 9.75. The van der Waals surface area contributed by atoms with Gasteiger partial charge >= 0.3 is 11.9 Å². The van der Waals surface area contributed by atoms with E-state index in [9.17, 15) is 9.59 Å². The fraction of sp³-hybridized carbons (Fsp3) is 0.304. The molecule has 0 N–H and O–H groups in total. The molecule has 0 aromatic heterocycles. The molecular weight excluding hydrogens is 479 g/mol. The predicted octanol–water partition coefficient (Wildman–Crippen LogP) is 5.47. The van der Waals surface area contributed by atoms with Gasteiger partial charge in [-0.2, -0.15) is 0 Å². The molecule has 0 amide bonds. The molecule has 170 valence electrons. The Labute approximate surface area is 200 Å². The first kappa shape index (κ1) is 24.4. The highest BCUT2D eigenvalue weighted by Gasteiger charge is 2.43. The van der Waals surface area contributed by atoms with Gasteiger partial charge in [0.2, 0.25) is 10.1 Å². The number of hydrogen-bond acceptors (Lipinski definition) is 6. The van der Waals surface area contributed by atoms with E-state index in [1.54, 1.807) is 67.6 Å². The molecule has 2 aromatic carbocycles. The molecule has 1 fully saturated rings. The molecule has 0 bridgehead atoms. The van der Waals surface area contributed by atoms with Crippen LogP contribution in [0.2, 0.25) is 0 Å². The van der Waals surface area contributed by atoms with Crippen LogP contribution in [0.5, 0.6) is 0 Å². The van der Waals surface area contributed by atoms with Crippen LogP contribution in [-0.4, -0.2) is 40.3 Å². The Bertz CT molecular complexity index is 945. The van der Waals surface area contributed by atoms with Crippen LogP contribution < -0.4 is 0 Å². The summed E-state index contributed by atoms with van der Waals surface area (Å²) in [5.41, 5.74) is 0.725. The first-order valence-corrected chi connectivity index (χ1v) is 10.9. The van der Waals surface area contributed by atoms with E-state index in [1.165, 1.54) is 0 Å². The number of halogens is 3. The van der Waals surface area contributed by atoms with Gasteiger partial charge in [0.15, 0.2) is 6.10 Å². The summed E-state index contributed by atoms with van der Waals surface area (Å²) in [6, 6.07) is 16.9. The van der Waals surface area contributed by atoms with Gasteiger partial charge in [-0.15, -0.1) is 0 Å². The van der Waals surface area contributed by atoms with Crippen molar-refractivity contribution in [3.8, 4) is 0 Å². The number of carbonyl (C=O) groups excluding carboxylic acids is 2. The predicted molar refractivity (Wildman–Crippen MR) is 121 cm³/mol. The van der Waals surface area contributed by atoms with Crippen LogP contribution in [0.25, 0.3) is 0 Å². The van der Waals surface area contributed by atoms with Gasteiger partial charge in [-0.1, -0.05) is 77.8 Å². The van der Waals surface area contributed by atoms with Gasteiger partial charge in [0.05, 0.1) is 17.2 Å². The van der Waals surface area contributed by atoms with E-state index >= 15 is 0 Å². The molecule has 1 aliphatic rings. The van der Waals surface area contributed by atoms with Crippen molar-refractivity contribution in [3.05, 3.63) is 84.1 Å². The molecule has 2 aromatic rings. The van der Waals surface area contributed by atoms with Gasteiger partial charge in [0.1, 0.15) is 11.9 Å². The molecule has 1 heterocycles. The molecule has 32 heavy (non-hydrogen) atoms. The maximum atomic E-state index is 12.6. The average molecular weight is 500 g/mol. The largest absolute Gasteiger partial charge is 0.461 e. The lowest BCUT2D eigenvalue weighted by molar-refractivity contribution is -0.247. The fourth-order valence-corrected chi connectivity index (χ4v) is 3.17. The zero-order valence-electron chi connectivity index (χ0n) is 17.1. The second kappa shape index (κ2) is 10.6. The fourth-order valence-electron chi connectivity index (χ4n) is 3.04. The van der Waals surface area contributed by atoms with Gasteiger partial charge in [0, 0.05) is 6.42 Å². The summed E-state index contributed by atoms with van der Waals surface area (Å²) in [6.07, 6.45) is -3.28. The Morgan fingerprint density at radius 2 is 1.34 bits per heavy atom. The minimum Gasteiger partial charge on any atom is -0.461 e. The highest BCUT2D eigenvalue weighted by Crippen LogP contribution is 2.37. The summed E-state index contributed by atoms with van der Waals surface area (Å²) in [7, 11) is 0. The van der Waals surface area contributed by atoms with Crippen LogP contribution in [0.15, 0.2) is 73.0 Å². The number of ether oxygens (including phenoxy) is 4. The highest BCUT2D eigenvalue weighted by molar-refractivity contribution is 6.69. The lowest BCUT2D eigenvalue weighted by Crippen LogP contribution is -2.50. The molecular formula is C23H21Cl3O6. The van der Waals surface area contributed by atoms with Crippen LogP contribution in [0, 0.1) is 0 Å². The lowest BCUT2D eigenvalue weighted by Gasteiger charge is -2.39. The van der Waals surface area contributed by atoms with E-state index in [0.717, 1.165) is 0 Å². The number of hydrogen-bond donors (Lipinski definition) is 0. The van der Waals surface area contributed by atoms with Crippen LogP contribution in [0.1, 0.15) is 34.1 Å². The molecule has 1 aliphatic heterocycles. The SMILES string of the molecule is C=C(O[C@@H]1OC(C)[C@H](OC(=O)c2ccccc2)C[C@@H]1OC(=O)c1ccccc1)C(Cl)(Cl)Cl. The molecule has 1 unspecified atom stereocenters. The van der Waals surface area contributed by atoms with Crippen molar-refractivity contribution in [2.24, 2.45) is 0 Å². The Morgan fingerprint density at radius 3 is 1.81 bits per heavy atom. The van der Waals surface area contributed by atoms with Crippen LogP contribution >= 0.6 is 34.8 Å². The Hall–Kier alpha value is -2.25. The van der Waals surface area contributed by atoms with Crippen molar-refractivity contribution in [1.29, 1.82) is 0 Å². The molecule has 4 atom stereocenters. The number of benzene rings is 2. The smallest absolute Gasteiger partial charge is 0.338 e. The molecule has 0 aliphatic carbocycles. The topological polar surface area (TPSA) is 71.1 Å². The number of rotatable bonds is 6. The molecule has 0 saturated carbocycles. The van der Waals surface area contributed by atoms with E-state index in [0.29, 0.717) is 11.1 Å². The monoisotopic (exact) mass is 498 g/mol. The summed E-state index contributed by atoms with van der Waals surface area (Å²) in [5, 5.41) is 0. The zero-order chi connectivity index (χ0) is 23.3. The standard InChI is InChI=1S/C23H21Cl3O6/c1-14-18(31-20(27)16-9-5-3-6-10-16)13-19(22(29-14)30-15(2)23(24,25)26)32-21(28)17-11-7-4-8-12-17/h3-12,14,18-19,22H,2,13H2,1H3/t14?,18-,19+,22+/m1/s1. The van der Waals surface area contributed by atoms with Crippen LogP contribution in [-0.2, 0) is 18.9 Å². The third-order valence-corrected chi connectivity index (χ3v) is 5.38. The quantitative estimate of drug-likeness (QED) is 0.298. The summed E-state index contributed by atoms with van der Waals surface area (Å²) in [4.78, 5) is 25.1. The average Bonchev–Trinajstić information content (AvgIpc) is 2.77. The third kappa shape index (κ3) is 6.39. The van der Waals surface area contributed by atoms with E-state index in [-0.39, 0.29) is 12.2 Å². The Morgan fingerprint density at radius 1 is 0.875 bits per heavy atom. The lowest BCUT2D eigenvalue weighted by atomic mass is 10.0. The van der Waals surface area contributed by atoms with Gasteiger partial charge in [-0.05, 0) is 31.2 Å². The minimum absolute atomic E-state index is 0.107. The summed E-state index contributed by atoms with van der Waals surface area (Å²) < 4.78 is 20.8. The maximum Gasteiger partial charge on any atom is 0.338 e. The normalized spacial score (nSPS) is 23.1. The van der Waals surface area contributed by atoms with Gasteiger partial charge in [-0.3, -0.25) is 0 Å². The van der Waals surface area contributed by atoms with Gasteiger partial charge in [0.25, 0.3) is 0 Å². The molecule has 6 nitrogen and oxygen atoms in total. The number of allylic oxidation sites excluding steroid dienone is 1. The van der Waals surface area contributed by atoms with Crippen molar-refractivity contribution in [2.45, 2.75) is 41.7 Å². The van der Waals surface area contributed by atoms with Gasteiger partial charge in [-0.25, -0.2) is 9.59 Å². The molecule has 9 heteroatoms. The summed E-state index contributed by atoms with van der Waals surface area (Å²) >= 11 is 17.5. The van der Waals surface area contributed by atoms with E-state index in [1.807, 2.05) is 0 Å². The Kier molecular flexibility index (Phi) is 8.06.